The quantitative estimate of drug-likeness (QED) is 0.540. The molecule has 0 aromatic carbocycles. The Morgan fingerprint density at radius 1 is 1.53 bits per heavy atom. The summed E-state index contributed by atoms with van der Waals surface area (Å²) in [5.74, 6) is 5.73. The molecule has 5 heteroatoms. The Bertz CT molecular complexity index is 440. The van der Waals surface area contributed by atoms with Crippen molar-refractivity contribution < 1.29 is 4.79 Å². The maximum atomic E-state index is 11.9. The van der Waals surface area contributed by atoms with Crippen LogP contribution in [-0.2, 0) is 0 Å². The number of aryl methyl sites for hydroxylation is 1. The Hall–Kier alpha value is -1.62. The molecule has 0 saturated heterocycles. The zero-order valence-electron chi connectivity index (χ0n) is 10.2. The van der Waals surface area contributed by atoms with Gasteiger partial charge in [0.2, 0.25) is 0 Å². The second-order valence-electron chi connectivity index (χ2n) is 5.02. The molecule has 17 heavy (non-hydrogen) atoms. The number of amides is 1. The molecule has 1 amide bonds. The van der Waals surface area contributed by atoms with Gasteiger partial charge in [0.15, 0.2) is 0 Å². The summed E-state index contributed by atoms with van der Waals surface area (Å²) < 4.78 is 0. The van der Waals surface area contributed by atoms with E-state index in [-0.39, 0.29) is 5.91 Å². The van der Waals surface area contributed by atoms with Crippen LogP contribution in [0, 0.1) is 12.3 Å². The van der Waals surface area contributed by atoms with Crippen molar-refractivity contribution in [3.05, 3.63) is 23.4 Å². The molecule has 1 aromatic rings. The highest BCUT2D eigenvalue weighted by Gasteiger charge is 2.37. The van der Waals surface area contributed by atoms with Crippen LogP contribution in [0.4, 0.5) is 5.82 Å². The van der Waals surface area contributed by atoms with Crippen molar-refractivity contribution >= 4 is 11.7 Å². The minimum Gasteiger partial charge on any atom is -0.351 e. The van der Waals surface area contributed by atoms with Crippen molar-refractivity contribution in [1.29, 1.82) is 0 Å². The molecule has 1 fully saturated rings. The molecule has 0 radical (unpaired) electrons. The van der Waals surface area contributed by atoms with E-state index in [1.54, 1.807) is 12.1 Å². The Balaban J connectivity index is 2.04. The molecule has 5 nitrogen and oxygen atoms in total. The van der Waals surface area contributed by atoms with Crippen molar-refractivity contribution in [2.24, 2.45) is 11.3 Å². The fourth-order valence-corrected chi connectivity index (χ4v) is 1.66. The lowest BCUT2D eigenvalue weighted by molar-refractivity contribution is 0.0946. The minimum absolute atomic E-state index is 0.0693. The lowest BCUT2D eigenvalue weighted by atomic mass is 10.1. The van der Waals surface area contributed by atoms with E-state index in [0.29, 0.717) is 16.8 Å². The molecule has 0 bridgehead atoms. The summed E-state index contributed by atoms with van der Waals surface area (Å²) in [6, 6.07) is 3.41. The second-order valence-corrected chi connectivity index (χ2v) is 5.02. The van der Waals surface area contributed by atoms with Crippen LogP contribution in [0.25, 0.3) is 0 Å². The number of hydrogen-bond acceptors (Lipinski definition) is 4. The van der Waals surface area contributed by atoms with Crippen LogP contribution >= 0.6 is 0 Å². The molecule has 0 aliphatic heterocycles. The smallest absolute Gasteiger partial charge is 0.251 e. The zero-order chi connectivity index (χ0) is 12.5. The van der Waals surface area contributed by atoms with Crippen LogP contribution in [0.2, 0.25) is 0 Å². The van der Waals surface area contributed by atoms with Gasteiger partial charge >= 0.3 is 0 Å². The minimum atomic E-state index is -0.0693. The maximum Gasteiger partial charge on any atom is 0.251 e. The lowest BCUT2D eigenvalue weighted by Gasteiger charge is -2.11. The van der Waals surface area contributed by atoms with E-state index in [2.05, 4.69) is 22.7 Å². The molecule has 0 spiro atoms. The molecule has 1 saturated carbocycles. The predicted octanol–water partition coefficient (Wildman–Crippen LogP) is 1.21. The SMILES string of the molecule is Cc1cc(C(=O)NCC2(C)CC2)cc(NN)n1. The lowest BCUT2D eigenvalue weighted by Crippen LogP contribution is -2.29. The Labute approximate surface area is 101 Å². The average Bonchev–Trinajstić information content (AvgIpc) is 3.04. The number of carbonyl (C=O) groups excluding carboxylic acids is 1. The summed E-state index contributed by atoms with van der Waals surface area (Å²) in [6.45, 7) is 4.75. The first-order chi connectivity index (χ1) is 8.02. The van der Waals surface area contributed by atoms with E-state index >= 15 is 0 Å². The first-order valence-electron chi connectivity index (χ1n) is 5.76. The molecule has 0 atom stereocenters. The average molecular weight is 234 g/mol. The van der Waals surface area contributed by atoms with Crippen molar-refractivity contribution in [3.8, 4) is 0 Å². The van der Waals surface area contributed by atoms with Gasteiger partial charge < -0.3 is 10.7 Å². The number of nitrogens with one attached hydrogen (secondary N) is 2. The van der Waals surface area contributed by atoms with Crippen molar-refractivity contribution in [2.45, 2.75) is 26.7 Å². The molecular weight excluding hydrogens is 216 g/mol. The summed E-state index contributed by atoms with van der Waals surface area (Å²) in [4.78, 5) is 16.1. The number of rotatable bonds is 4. The van der Waals surface area contributed by atoms with Crippen LogP contribution in [0.5, 0.6) is 0 Å². The van der Waals surface area contributed by atoms with Crippen LogP contribution in [0.3, 0.4) is 0 Å². The number of hydrazine groups is 1. The van der Waals surface area contributed by atoms with Gasteiger partial charge in [-0.05, 0) is 37.3 Å². The summed E-state index contributed by atoms with van der Waals surface area (Å²) in [5.41, 5.74) is 4.13. The highest BCUT2D eigenvalue weighted by Crippen LogP contribution is 2.44. The third-order valence-corrected chi connectivity index (χ3v) is 3.14. The van der Waals surface area contributed by atoms with E-state index in [1.807, 2.05) is 6.92 Å². The van der Waals surface area contributed by atoms with E-state index in [4.69, 9.17) is 5.84 Å². The molecule has 1 aliphatic rings. The Morgan fingerprint density at radius 2 is 2.24 bits per heavy atom. The van der Waals surface area contributed by atoms with Gasteiger partial charge in [-0.3, -0.25) is 4.79 Å². The molecule has 1 aliphatic carbocycles. The predicted molar refractivity (Wildman–Crippen MR) is 66.5 cm³/mol. The molecule has 0 unspecified atom stereocenters. The van der Waals surface area contributed by atoms with Crippen LogP contribution in [0.1, 0.15) is 35.8 Å². The molecule has 1 heterocycles. The largest absolute Gasteiger partial charge is 0.351 e. The van der Waals surface area contributed by atoms with Crippen molar-refractivity contribution in [3.63, 3.8) is 0 Å². The van der Waals surface area contributed by atoms with Crippen molar-refractivity contribution in [1.82, 2.24) is 10.3 Å². The van der Waals surface area contributed by atoms with Crippen LogP contribution in [0.15, 0.2) is 12.1 Å². The number of hydrogen-bond donors (Lipinski definition) is 3. The normalized spacial score (nSPS) is 16.4. The zero-order valence-corrected chi connectivity index (χ0v) is 10.2. The van der Waals surface area contributed by atoms with Gasteiger partial charge in [-0.25, -0.2) is 10.8 Å². The fourth-order valence-electron chi connectivity index (χ4n) is 1.66. The van der Waals surface area contributed by atoms with Gasteiger partial charge in [0.1, 0.15) is 5.82 Å². The molecule has 4 N–H and O–H groups in total. The number of nitrogen functional groups attached to an aromatic ring is 1. The summed E-state index contributed by atoms with van der Waals surface area (Å²) in [5, 5.41) is 2.94. The van der Waals surface area contributed by atoms with Gasteiger partial charge in [-0.2, -0.15) is 0 Å². The molecule has 1 aromatic heterocycles. The third-order valence-electron chi connectivity index (χ3n) is 3.14. The first-order valence-corrected chi connectivity index (χ1v) is 5.76. The van der Waals surface area contributed by atoms with E-state index in [0.717, 1.165) is 12.2 Å². The van der Waals surface area contributed by atoms with Crippen LogP contribution in [-0.4, -0.2) is 17.4 Å². The highest BCUT2D eigenvalue weighted by molar-refractivity contribution is 5.95. The van der Waals surface area contributed by atoms with E-state index in [1.165, 1.54) is 12.8 Å². The molecular formula is C12H18N4O. The van der Waals surface area contributed by atoms with Gasteiger partial charge in [0, 0.05) is 17.8 Å². The third kappa shape index (κ3) is 2.94. The number of nitrogens with two attached hydrogens (primary N) is 1. The van der Waals surface area contributed by atoms with Crippen molar-refractivity contribution in [2.75, 3.05) is 12.0 Å². The fraction of sp³-hybridized carbons (Fsp3) is 0.500. The van der Waals surface area contributed by atoms with Gasteiger partial charge in [0.25, 0.3) is 5.91 Å². The summed E-state index contributed by atoms with van der Waals surface area (Å²) >= 11 is 0. The standard InChI is InChI=1S/C12H18N4O/c1-8-5-9(6-10(15-8)16-13)11(17)14-7-12(2)3-4-12/h5-6H,3-4,7,13H2,1-2H3,(H,14,17)(H,15,16). The van der Waals surface area contributed by atoms with E-state index < -0.39 is 0 Å². The van der Waals surface area contributed by atoms with Gasteiger partial charge in [0.05, 0.1) is 0 Å². The first kappa shape index (κ1) is 11.9. The molecule has 2 rings (SSSR count). The maximum absolute atomic E-state index is 11.9. The Kier molecular flexibility index (Phi) is 3.02. The molecule has 92 valence electrons. The summed E-state index contributed by atoms with van der Waals surface area (Å²) in [7, 11) is 0. The Morgan fingerprint density at radius 3 is 2.82 bits per heavy atom. The highest BCUT2D eigenvalue weighted by atomic mass is 16.1. The van der Waals surface area contributed by atoms with Gasteiger partial charge in [-0.15, -0.1) is 0 Å². The number of anilines is 1. The topological polar surface area (TPSA) is 80.0 Å². The number of aromatic nitrogens is 1. The summed E-state index contributed by atoms with van der Waals surface area (Å²) in [6.07, 6.45) is 2.39. The second kappa shape index (κ2) is 4.33. The monoisotopic (exact) mass is 234 g/mol. The van der Waals surface area contributed by atoms with E-state index in [9.17, 15) is 4.79 Å². The number of carbonyl (C=O) groups is 1. The number of pyridine rings is 1. The van der Waals surface area contributed by atoms with Crippen LogP contribution < -0.4 is 16.6 Å². The van der Waals surface area contributed by atoms with Gasteiger partial charge in [-0.1, -0.05) is 6.92 Å². The number of nitrogens with zero attached hydrogens (tertiary/aromatic N) is 1.